The van der Waals surface area contributed by atoms with Gasteiger partial charge in [0.1, 0.15) is 5.75 Å². The van der Waals surface area contributed by atoms with Crippen LogP contribution in [0.3, 0.4) is 0 Å². The van der Waals surface area contributed by atoms with E-state index in [0.717, 1.165) is 5.56 Å². The van der Waals surface area contributed by atoms with Gasteiger partial charge in [-0.05, 0) is 30.1 Å². The van der Waals surface area contributed by atoms with E-state index in [1.165, 1.54) is 6.07 Å². The van der Waals surface area contributed by atoms with Crippen LogP contribution in [-0.2, 0) is 4.79 Å². The van der Waals surface area contributed by atoms with E-state index < -0.39 is 7.12 Å². The van der Waals surface area contributed by atoms with Gasteiger partial charge in [0, 0.05) is 0 Å². The summed E-state index contributed by atoms with van der Waals surface area (Å²) < 4.78 is 4.57. The fraction of sp³-hybridized carbons (Fsp3) is 0.125. The average Bonchev–Trinajstić information content (AvgIpc) is 2.03. The number of carbonyl (C=O) groups is 1. The van der Waals surface area contributed by atoms with E-state index in [1.807, 2.05) is 0 Å². The lowest BCUT2D eigenvalue weighted by Gasteiger charge is -2.04. The van der Waals surface area contributed by atoms with E-state index in [-0.39, 0.29) is 0 Å². The molecule has 0 aliphatic carbocycles. The topological polar surface area (TPSA) is 66.8 Å². The van der Waals surface area contributed by atoms with Crippen molar-refractivity contribution in [1.82, 2.24) is 0 Å². The van der Waals surface area contributed by atoms with Crippen molar-refractivity contribution in [2.45, 2.75) is 6.92 Å². The molecule has 2 N–H and O–H groups in total. The maximum absolute atomic E-state index is 10.0. The fourth-order valence-electron chi connectivity index (χ4n) is 1.05. The van der Waals surface area contributed by atoms with Crippen LogP contribution in [0.2, 0.25) is 0 Å². The largest absolute Gasteiger partial charge is 0.488 e. The van der Waals surface area contributed by atoms with Crippen LogP contribution in [0.1, 0.15) is 5.56 Å². The lowest BCUT2D eigenvalue weighted by molar-refractivity contribution is -0.120. The number of rotatable bonds is 3. The van der Waals surface area contributed by atoms with Crippen molar-refractivity contribution < 1.29 is 19.6 Å². The molecule has 0 aliphatic rings. The zero-order valence-corrected chi connectivity index (χ0v) is 7.10. The van der Waals surface area contributed by atoms with Gasteiger partial charge in [-0.1, -0.05) is 6.07 Å². The molecule has 4 nitrogen and oxygen atoms in total. The molecule has 0 saturated carbocycles. The van der Waals surface area contributed by atoms with Gasteiger partial charge >= 0.3 is 7.12 Å². The summed E-state index contributed by atoms with van der Waals surface area (Å²) in [6.45, 7) is 2.06. The van der Waals surface area contributed by atoms with Crippen molar-refractivity contribution >= 4 is 19.1 Å². The molecule has 0 aliphatic heterocycles. The number of hydrogen-bond acceptors (Lipinski definition) is 4. The SMILES string of the molecule is Cc1cc(OC=O)cc(B(O)O)c1. The zero-order valence-electron chi connectivity index (χ0n) is 7.10. The number of aryl methyl sites for hydroxylation is 1. The van der Waals surface area contributed by atoms with Gasteiger partial charge in [-0.3, -0.25) is 4.79 Å². The van der Waals surface area contributed by atoms with Crippen LogP contribution in [0.25, 0.3) is 0 Å². The summed E-state index contributed by atoms with van der Waals surface area (Å²) in [5.74, 6) is 0.304. The predicted octanol–water partition coefficient (Wildman–Crippen LogP) is -0.790. The van der Waals surface area contributed by atoms with Crippen LogP contribution in [0.15, 0.2) is 18.2 Å². The molecule has 0 fully saturated rings. The molecule has 1 aromatic carbocycles. The first kappa shape index (κ1) is 9.76. The highest BCUT2D eigenvalue weighted by Crippen LogP contribution is 2.10. The maximum Gasteiger partial charge on any atom is 0.488 e. The first-order valence-corrected chi connectivity index (χ1v) is 3.71. The summed E-state index contributed by atoms with van der Waals surface area (Å²) in [5, 5.41) is 17.7. The van der Waals surface area contributed by atoms with Gasteiger partial charge in [-0.25, -0.2) is 0 Å². The van der Waals surface area contributed by atoms with Crippen LogP contribution >= 0.6 is 0 Å². The second-order valence-electron chi connectivity index (χ2n) is 2.67. The van der Waals surface area contributed by atoms with E-state index >= 15 is 0 Å². The number of benzene rings is 1. The molecule has 5 heteroatoms. The Kier molecular flexibility index (Phi) is 3.05. The van der Waals surface area contributed by atoms with E-state index in [1.54, 1.807) is 19.1 Å². The molecule has 0 amide bonds. The third kappa shape index (κ3) is 2.57. The Morgan fingerprint density at radius 3 is 2.62 bits per heavy atom. The van der Waals surface area contributed by atoms with Gasteiger partial charge < -0.3 is 14.8 Å². The van der Waals surface area contributed by atoms with Crippen molar-refractivity contribution in [1.29, 1.82) is 0 Å². The lowest BCUT2D eigenvalue weighted by atomic mass is 9.79. The Balaban J connectivity index is 3.03. The maximum atomic E-state index is 10.0. The number of hydrogen-bond donors (Lipinski definition) is 2. The molecule has 1 aromatic rings. The van der Waals surface area contributed by atoms with E-state index in [4.69, 9.17) is 10.0 Å². The Morgan fingerprint density at radius 1 is 1.38 bits per heavy atom. The van der Waals surface area contributed by atoms with Crippen molar-refractivity contribution in [3.63, 3.8) is 0 Å². The summed E-state index contributed by atoms with van der Waals surface area (Å²) in [5.41, 5.74) is 1.10. The third-order valence-corrected chi connectivity index (χ3v) is 1.56. The molecular formula is C8H9BO4. The molecule has 0 radical (unpaired) electrons. The minimum absolute atomic E-state index is 0.294. The highest BCUT2D eigenvalue weighted by molar-refractivity contribution is 6.58. The van der Waals surface area contributed by atoms with Crippen LogP contribution in [0.5, 0.6) is 5.75 Å². The minimum atomic E-state index is -1.55. The highest BCUT2D eigenvalue weighted by atomic mass is 16.5. The molecule has 13 heavy (non-hydrogen) atoms. The van der Waals surface area contributed by atoms with Gasteiger partial charge in [0.05, 0.1) is 0 Å². The summed E-state index contributed by atoms with van der Waals surface area (Å²) in [6.07, 6.45) is 0. The Morgan fingerprint density at radius 2 is 2.08 bits per heavy atom. The second kappa shape index (κ2) is 4.07. The molecule has 68 valence electrons. The van der Waals surface area contributed by atoms with Crippen molar-refractivity contribution in [2.75, 3.05) is 0 Å². The van der Waals surface area contributed by atoms with E-state index in [0.29, 0.717) is 17.7 Å². The van der Waals surface area contributed by atoms with Crippen LogP contribution < -0.4 is 10.2 Å². The first-order chi connectivity index (χ1) is 6.13. The molecule has 0 atom stereocenters. The monoisotopic (exact) mass is 180 g/mol. The Hall–Kier alpha value is -1.33. The van der Waals surface area contributed by atoms with Gasteiger partial charge in [0.15, 0.2) is 0 Å². The van der Waals surface area contributed by atoms with Gasteiger partial charge in [0.2, 0.25) is 0 Å². The standard InChI is InChI=1S/C8H9BO4/c1-6-2-7(9(11)12)4-8(3-6)13-5-10/h2-5,11-12H,1H3. The highest BCUT2D eigenvalue weighted by Gasteiger charge is 2.12. The molecule has 0 unspecified atom stereocenters. The summed E-state index contributed by atoms with van der Waals surface area (Å²) in [4.78, 5) is 10.0. The van der Waals surface area contributed by atoms with E-state index in [9.17, 15) is 4.79 Å². The van der Waals surface area contributed by atoms with Crippen molar-refractivity contribution in [3.05, 3.63) is 23.8 Å². The molecule has 0 bridgehead atoms. The molecule has 0 saturated heterocycles. The van der Waals surface area contributed by atoms with Crippen molar-refractivity contribution in [3.8, 4) is 5.75 Å². The van der Waals surface area contributed by atoms with Gasteiger partial charge in [0.25, 0.3) is 6.47 Å². The molecule has 0 heterocycles. The average molecular weight is 180 g/mol. The summed E-state index contributed by atoms with van der Waals surface area (Å²) in [6, 6.07) is 4.62. The molecule has 1 rings (SSSR count). The molecule has 0 spiro atoms. The second-order valence-corrected chi connectivity index (χ2v) is 2.67. The summed E-state index contributed by atoms with van der Waals surface area (Å²) >= 11 is 0. The predicted molar refractivity (Wildman–Crippen MR) is 47.7 cm³/mol. The molecule has 0 aromatic heterocycles. The van der Waals surface area contributed by atoms with E-state index in [2.05, 4.69) is 4.74 Å². The number of ether oxygens (including phenoxy) is 1. The summed E-state index contributed by atoms with van der Waals surface area (Å²) in [7, 11) is -1.55. The fourth-order valence-corrected chi connectivity index (χ4v) is 1.05. The van der Waals surface area contributed by atoms with Crippen LogP contribution in [0, 0.1) is 6.92 Å². The normalized spacial score (nSPS) is 9.46. The van der Waals surface area contributed by atoms with Crippen molar-refractivity contribution in [2.24, 2.45) is 0 Å². The Labute approximate surface area is 75.9 Å². The zero-order chi connectivity index (χ0) is 9.84. The van der Waals surface area contributed by atoms with Gasteiger partial charge in [-0.15, -0.1) is 0 Å². The van der Waals surface area contributed by atoms with Crippen LogP contribution in [-0.4, -0.2) is 23.6 Å². The van der Waals surface area contributed by atoms with Crippen LogP contribution in [0.4, 0.5) is 0 Å². The van der Waals surface area contributed by atoms with Gasteiger partial charge in [-0.2, -0.15) is 0 Å². The Bertz CT molecular complexity index is 311. The molecular weight excluding hydrogens is 171 g/mol. The first-order valence-electron chi connectivity index (χ1n) is 3.71. The third-order valence-electron chi connectivity index (χ3n) is 1.56. The number of carbonyl (C=O) groups excluding carboxylic acids is 1. The quantitative estimate of drug-likeness (QED) is 0.472. The minimum Gasteiger partial charge on any atom is -0.429 e. The smallest absolute Gasteiger partial charge is 0.429 e. The lowest BCUT2D eigenvalue weighted by Crippen LogP contribution is -2.29.